The number of carbonyl (C=O) groups is 1. The van der Waals surface area contributed by atoms with E-state index in [1.165, 1.54) is 4.31 Å². The largest absolute Gasteiger partial charge is 0.484 e. The van der Waals surface area contributed by atoms with Crippen LogP contribution in [0.25, 0.3) is 10.8 Å². The van der Waals surface area contributed by atoms with Crippen molar-refractivity contribution in [1.82, 2.24) is 9.21 Å². The van der Waals surface area contributed by atoms with Crippen LogP contribution in [0.15, 0.2) is 77.7 Å². The standard InChI is InChI=1S/C24H26N2O4S/c1-18-15-25(31(28,29)23-13-12-20-8-6-7-9-21(20)14-23)16-19(2)26(18)24(27)17-30-22-10-4-3-5-11-22/h3-14,18-19H,15-17H2,1-2H3/t18-,19+. The van der Waals surface area contributed by atoms with Crippen LogP contribution < -0.4 is 4.74 Å². The van der Waals surface area contributed by atoms with Crippen LogP contribution in [-0.2, 0) is 14.8 Å². The average molecular weight is 439 g/mol. The minimum absolute atomic E-state index is 0.0733. The van der Waals surface area contributed by atoms with Crippen molar-refractivity contribution in [3.8, 4) is 5.75 Å². The number of carbonyl (C=O) groups excluding carboxylic acids is 1. The van der Waals surface area contributed by atoms with E-state index < -0.39 is 10.0 Å². The van der Waals surface area contributed by atoms with Crippen LogP contribution in [0.1, 0.15) is 13.8 Å². The molecule has 0 unspecified atom stereocenters. The van der Waals surface area contributed by atoms with Crippen molar-refractivity contribution in [2.24, 2.45) is 0 Å². The molecule has 0 saturated carbocycles. The van der Waals surface area contributed by atoms with Crippen LogP contribution in [0.2, 0.25) is 0 Å². The number of nitrogens with zero attached hydrogens (tertiary/aromatic N) is 2. The van der Waals surface area contributed by atoms with Gasteiger partial charge < -0.3 is 9.64 Å². The molecule has 1 heterocycles. The van der Waals surface area contributed by atoms with E-state index in [9.17, 15) is 13.2 Å². The molecule has 1 aliphatic heterocycles. The summed E-state index contributed by atoms with van der Waals surface area (Å²) in [4.78, 5) is 14.8. The molecule has 4 rings (SSSR count). The number of benzene rings is 3. The lowest BCUT2D eigenvalue weighted by atomic mass is 10.1. The maximum Gasteiger partial charge on any atom is 0.261 e. The van der Waals surface area contributed by atoms with Crippen LogP contribution in [0.3, 0.4) is 0 Å². The second kappa shape index (κ2) is 8.69. The maximum absolute atomic E-state index is 13.3. The molecule has 7 heteroatoms. The van der Waals surface area contributed by atoms with Gasteiger partial charge in [-0.25, -0.2) is 8.42 Å². The summed E-state index contributed by atoms with van der Waals surface area (Å²) in [6.45, 7) is 4.17. The number of para-hydroxylation sites is 1. The Morgan fingerprint density at radius 3 is 2.19 bits per heavy atom. The number of hydrogen-bond acceptors (Lipinski definition) is 4. The number of sulfonamides is 1. The van der Waals surface area contributed by atoms with Crippen LogP contribution in [0.5, 0.6) is 5.75 Å². The van der Waals surface area contributed by atoms with Gasteiger partial charge in [0.1, 0.15) is 5.75 Å². The van der Waals surface area contributed by atoms with Gasteiger partial charge in [-0.3, -0.25) is 4.79 Å². The third-order valence-electron chi connectivity index (χ3n) is 5.64. The molecule has 0 aliphatic carbocycles. The number of rotatable bonds is 5. The topological polar surface area (TPSA) is 66.9 Å². The van der Waals surface area contributed by atoms with Gasteiger partial charge in [0.05, 0.1) is 4.90 Å². The molecule has 3 aromatic carbocycles. The van der Waals surface area contributed by atoms with Gasteiger partial charge in [0.15, 0.2) is 6.61 Å². The highest BCUT2D eigenvalue weighted by Gasteiger charge is 2.38. The first-order chi connectivity index (χ1) is 14.9. The normalized spacial score (nSPS) is 20.0. The minimum atomic E-state index is -3.66. The molecule has 1 fully saturated rings. The first kappa shape index (κ1) is 21.3. The van der Waals surface area contributed by atoms with E-state index in [2.05, 4.69) is 0 Å². The zero-order valence-corrected chi connectivity index (χ0v) is 18.5. The Balaban J connectivity index is 1.47. The van der Waals surface area contributed by atoms with Crippen LogP contribution in [0, 0.1) is 0 Å². The molecule has 2 atom stereocenters. The molecule has 6 nitrogen and oxygen atoms in total. The molecule has 0 radical (unpaired) electrons. The molecule has 1 amide bonds. The van der Waals surface area contributed by atoms with Gasteiger partial charge in [0.2, 0.25) is 10.0 Å². The van der Waals surface area contributed by atoms with Crippen LogP contribution in [-0.4, -0.2) is 55.3 Å². The monoisotopic (exact) mass is 438 g/mol. The summed E-state index contributed by atoms with van der Waals surface area (Å²) in [5.74, 6) is 0.486. The molecule has 0 spiro atoms. The van der Waals surface area contributed by atoms with Gasteiger partial charge in [-0.05, 0) is 48.9 Å². The maximum atomic E-state index is 13.3. The fourth-order valence-corrected chi connectivity index (χ4v) is 5.81. The predicted octanol–water partition coefficient (Wildman–Crippen LogP) is 3.53. The Bertz CT molecular complexity index is 1170. The quantitative estimate of drug-likeness (QED) is 0.611. The van der Waals surface area contributed by atoms with Crippen molar-refractivity contribution in [1.29, 1.82) is 0 Å². The summed E-state index contributed by atoms with van der Waals surface area (Å²) in [7, 11) is -3.66. The summed E-state index contributed by atoms with van der Waals surface area (Å²) in [6, 6.07) is 21.5. The van der Waals surface area contributed by atoms with Gasteiger partial charge in [0, 0.05) is 25.2 Å². The highest BCUT2D eigenvalue weighted by molar-refractivity contribution is 7.89. The van der Waals surface area contributed by atoms with Crippen LogP contribution >= 0.6 is 0 Å². The van der Waals surface area contributed by atoms with E-state index in [1.807, 2.05) is 62.4 Å². The summed E-state index contributed by atoms with van der Waals surface area (Å²) < 4.78 is 33.7. The molecule has 162 valence electrons. The van der Waals surface area contributed by atoms with Crippen LogP contribution in [0.4, 0.5) is 0 Å². The molecule has 3 aromatic rings. The Morgan fingerprint density at radius 1 is 0.903 bits per heavy atom. The molecule has 1 saturated heterocycles. The predicted molar refractivity (Wildman–Crippen MR) is 120 cm³/mol. The number of amides is 1. The Kier molecular flexibility index (Phi) is 5.98. The highest BCUT2D eigenvalue weighted by Crippen LogP contribution is 2.26. The number of fused-ring (bicyclic) bond motifs is 1. The fourth-order valence-electron chi connectivity index (χ4n) is 4.18. The number of piperazine rings is 1. The lowest BCUT2D eigenvalue weighted by molar-refractivity contribution is -0.140. The summed E-state index contributed by atoms with van der Waals surface area (Å²) in [5, 5.41) is 1.88. The number of ether oxygens (including phenoxy) is 1. The Labute approximate surface area is 183 Å². The molecule has 0 N–H and O–H groups in total. The first-order valence-electron chi connectivity index (χ1n) is 10.3. The summed E-state index contributed by atoms with van der Waals surface area (Å²) >= 11 is 0. The minimum Gasteiger partial charge on any atom is -0.484 e. The molecule has 0 aromatic heterocycles. The Morgan fingerprint density at radius 2 is 1.52 bits per heavy atom. The molecule has 31 heavy (non-hydrogen) atoms. The van der Waals surface area contributed by atoms with Gasteiger partial charge in [0.25, 0.3) is 5.91 Å². The summed E-state index contributed by atoms with van der Waals surface area (Å²) in [6.07, 6.45) is 0. The lowest BCUT2D eigenvalue weighted by Crippen LogP contribution is -2.60. The van der Waals surface area contributed by atoms with Gasteiger partial charge >= 0.3 is 0 Å². The smallest absolute Gasteiger partial charge is 0.261 e. The van der Waals surface area contributed by atoms with Gasteiger partial charge in [-0.2, -0.15) is 4.31 Å². The zero-order valence-electron chi connectivity index (χ0n) is 17.6. The van der Waals surface area contributed by atoms with E-state index in [0.717, 1.165) is 10.8 Å². The molecule has 0 bridgehead atoms. The van der Waals surface area contributed by atoms with Crippen molar-refractivity contribution < 1.29 is 17.9 Å². The van der Waals surface area contributed by atoms with E-state index in [1.54, 1.807) is 29.2 Å². The highest BCUT2D eigenvalue weighted by atomic mass is 32.2. The zero-order chi connectivity index (χ0) is 22.0. The second-order valence-electron chi connectivity index (χ2n) is 7.93. The molecular formula is C24H26N2O4S. The van der Waals surface area contributed by atoms with Crippen molar-refractivity contribution in [3.63, 3.8) is 0 Å². The Hall–Kier alpha value is -2.90. The van der Waals surface area contributed by atoms with Gasteiger partial charge in [-0.1, -0.05) is 48.5 Å². The first-order valence-corrected chi connectivity index (χ1v) is 11.8. The van der Waals surface area contributed by atoms with E-state index in [0.29, 0.717) is 5.75 Å². The lowest BCUT2D eigenvalue weighted by Gasteiger charge is -2.43. The second-order valence-corrected chi connectivity index (χ2v) is 9.87. The third kappa shape index (κ3) is 4.43. The van der Waals surface area contributed by atoms with Crippen molar-refractivity contribution in [2.45, 2.75) is 30.8 Å². The SMILES string of the molecule is C[C@@H]1CN(S(=O)(=O)c2ccc3ccccc3c2)C[C@H](C)N1C(=O)COc1ccccc1. The number of hydrogen-bond donors (Lipinski definition) is 0. The van der Waals surface area contributed by atoms with Crippen molar-refractivity contribution in [2.75, 3.05) is 19.7 Å². The molecular weight excluding hydrogens is 412 g/mol. The van der Waals surface area contributed by atoms with E-state index >= 15 is 0 Å². The van der Waals surface area contributed by atoms with Crippen molar-refractivity contribution >= 4 is 26.7 Å². The molecule has 1 aliphatic rings. The van der Waals surface area contributed by atoms with Crippen molar-refractivity contribution in [3.05, 3.63) is 72.8 Å². The van der Waals surface area contributed by atoms with E-state index in [4.69, 9.17) is 4.74 Å². The summed E-state index contributed by atoms with van der Waals surface area (Å²) in [5.41, 5.74) is 0. The average Bonchev–Trinajstić information content (AvgIpc) is 2.77. The third-order valence-corrected chi connectivity index (χ3v) is 7.47. The van der Waals surface area contributed by atoms with E-state index in [-0.39, 0.29) is 42.6 Å². The van der Waals surface area contributed by atoms with Gasteiger partial charge in [-0.15, -0.1) is 0 Å². The fraction of sp³-hybridized carbons (Fsp3) is 0.292.